The van der Waals surface area contributed by atoms with Crippen molar-refractivity contribution in [2.75, 3.05) is 23.5 Å². The molecule has 0 saturated carbocycles. The summed E-state index contributed by atoms with van der Waals surface area (Å²) in [6.45, 7) is 6.70. The molecule has 3 amide bonds. The molecule has 49 heavy (non-hydrogen) atoms. The van der Waals surface area contributed by atoms with Crippen molar-refractivity contribution in [1.29, 1.82) is 0 Å². The summed E-state index contributed by atoms with van der Waals surface area (Å²) in [5.41, 5.74) is 3.19. The minimum absolute atomic E-state index is 0.0440. The second-order valence-corrected chi connectivity index (χ2v) is 15.3. The minimum Gasteiger partial charge on any atom is -0.465 e. The number of anilines is 2. The molecular formula is C38H38ClN3O5S2. The van der Waals surface area contributed by atoms with Crippen LogP contribution in [0.3, 0.4) is 0 Å². The van der Waals surface area contributed by atoms with E-state index in [9.17, 15) is 19.2 Å². The van der Waals surface area contributed by atoms with Gasteiger partial charge in [0.2, 0.25) is 5.91 Å². The summed E-state index contributed by atoms with van der Waals surface area (Å²) < 4.78 is 5.09. The molecule has 3 aromatic carbocycles. The van der Waals surface area contributed by atoms with Crippen molar-refractivity contribution in [3.8, 4) is 0 Å². The molecule has 0 spiro atoms. The van der Waals surface area contributed by atoms with E-state index in [1.807, 2.05) is 6.07 Å². The monoisotopic (exact) mass is 715 g/mol. The first-order valence-electron chi connectivity index (χ1n) is 15.8. The molecule has 1 aliphatic carbocycles. The van der Waals surface area contributed by atoms with Crippen molar-refractivity contribution in [3.63, 3.8) is 0 Å². The maximum absolute atomic E-state index is 13.5. The Morgan fingerprint density at radius 1 is 0.980 bits per heavy atom. The van der Waals surface area contributed by atoms with Gasteiger partial charge in [0, 0.05) is 26.0 Å². The molecule has 0 radical (unpaired) electrons. The fourth-order valence-corrected chi connectivity index (χ4v) is 7.79. The molecule has 11 heteroatoms. The molecule has 3 N–H and O–H groups in total. The summed E-state index contributed by atoms with van der Waals surface area (Å²) in [6.07, 6.45) is 4.19. The number of halogens is 1. The molecule has 8 nitrogen and oxygen atoms in total. The fourth-order valence-electron chi connectivity index (χ4n) is 5.57. The zero-order valence-electron chi connectivity index (χ0n) is 27.7. The van der Waals surface area contributed by atoms with Crippen LogP contribution in [-0.4, -0.2) is 36.6 Å². The number of benzene rings is 3. The number of fused-ring (bicyclic) bond motifs is 1. The van der Waals surface area contributed by atoms with Gasteiger partial charge < -0.3 is 20.7 Å². The standard InChI is InChI=1S/C38H38ClN3O5S2/c1-38(2,3)25-15-18-29-31(20-25)49-36(33(29)37(46)47-4)42-32(43)22-48-28-12-8-11-27(21-28)40-35(45)30(19-23-13-16-26(39)17-14-23)41-34(44)24-9-6-5-7-10-24/h5-14,16-17,19,21,25H,15,18,20,22H2,1-4H3,(H,40,45)(H,41,44)(H,42,43)/b30-19-. The fraction of sp³-hybridized carbons (Fsp3) is 0.263. The highest BCUT2D eigenvalue weighted by Crippen LogP contribution is 2.44. The third kappa shape index (κ3) is 9.41. The Balaban J connectivity index is 1.26. The average molecular weight is 716 g/mol. The second-order valence-electron chi connectivity index (χ2n) is 12.8. The number of thioether (sulfide) groups is 1. The molecule has 4 aromatic rings. The minimum atomic E-state index is -0.523. The van der Waals surface area contributed by atoms with Gasteiger partial charge in [-0.05, 0) is 90.3 Å². The van der Waals surface area contributed by atoms with E-state index in [-0.39, 0.29) is 22.8 Å². The van der Waals surface area contributed by atoms with Crippen LogP contribution in [0.2, 0.25) is 5.02 Å². The van der Waals surface area contributed by atoms with Gasteiger partial charge in [0.1, 0.15) is 10.7 Å². The number of ether oxygens (including phenoxy) is 1. The van der Waals surface area contributed by atoms with Crippen molar-refractivity contribution in [2.45, 2.75) is 44.9 Å². The van der Waals surface area contributed by atoms with Crippen molar-refractivity contribution in [1.82, 2.24) is 5.32 Å². The highest BCUT2D eigenvalue weighted by Gasteiger charge is 2.34. The number of carbonyl (C=O) groups excluding carboxylic acids is 4. The lowest BCUT2D eigenvalue weighted by Crippen LogP contribution is -2.30. The van der Waals surface area contributed by atoms with Gasteiger partial charge in [0.15, 0.2) is 0 Å². The third-order valence-corrected chi connectivity index (χ3v) is 10.7. The summed E-state index contributed by atoms with van der Waals surface area (Å²) in [4.78, 5) is 54.2. The molecule has 254 valence electrons. The molecule has 0 saturated heterocycles. The average Bonchev–Trinajstić information content (AvgIpc) is 3.44. The smallest absolute Gasteiger partial charge is 0.341 e. The van der Waals surface area contributed by atoms with E-state index in [4.69, 9.17) is 16.3 Å². The highest BCUT2D eigenvalue weighted by atomic mass is 35.5. The summed E-state index contributed by atoms with van der Waals surface area (Å²) >= 11 is 8.79. The normalized spacial score (nSPS) is 14.4. The first-order chi connectivity index (χ1) is 23.4. The van der Waals surface area contributed by atoms with E-state index in [1.54, 1.807) is 78.9 Å². The predicted octanol–water partition coefficient (Wildman–Crippen LogP) is 8.48. The van der Waals surface area contributed by atoms with Crippen LogP contribution in [0.5, 0.6) is 0 Å². The van der Waals surface area contributed by atoms with E-state index >= 15 is 0 Å². The van der Waals surface area contributed by atoms with Crippen molar-refractivity contribution in [3.05, 3.63) is 117 Å². The molecule has 0 fully saturated rings. The van der Waals surface area contributed by atoms with Gasteiger partial charge in [-0.1, -0.05) is 68.8 Å². The molecule has 0 bridgehead atoms. The zero-order valence-corrected chi connectivity index (χ0v) is 30.1. The SMILES string of the molecule is COC(=O)c1c(NC(=O)CSc2cccc(NC(=O)/C(=C/c3ccc(Cl)cc3)NC(=O)c3ccccc3)c2)sc2c1CCC(C(C)(C)C)C2. The Morgan fingerprint density at radius 2 is 1.71 bits per heavy atom. The lowest BCUT2D eigenvalue weighted by molar-refractivity contribution is -0.114. The van der Waals surface area contributed by atoms with E-state index in [1.165, 1.54) is 30.2 Å². The van der Waals surface area contributed by atoms with Gasteiger partial charge in [0.05, 0.1) is 18.4 Å². The first-order valence-corrected chi connectivity index (χ1v) is 18.0. The lowest BCUT2D eigenvalue weighted by Gasteiger charge is -2.33. The number of methoxy groups -OCH3 is 1. The van der Waals surface area contributed by atoms with Crippen LogP contribution in [0.4, 0.5) is 10.7 Å². The van der Waals surface area contributed by atoms with Gasteiger partial charge in [0.25, 0.3) is 11.8 Å². The number of hydrogen-bond acceptors (Lipinski definition) is 7. The van der Waals surface area contributed by atoms with Gasteiger partial charge in [-0.15, -0.1) is 23.1 Å². The Labute approximate surface area is 299 Å². The highest BCUT2D eigenvalue weighted by molar-refractivity contribution is 8.00. The van der Waals surface area contributed by atoms with Crippen LogP contribution in [-0.2, 0) is 27.2 Å². The molecule has 0 aliphatic heterocycles. The number of rotatable bonds is 10. The Bertz CT molecular complexity index is 1880. The van der Waals surface area contributed by atoms with Crippen LogP contribution in [0.25, 0.3) is 6.08 Å². The molecule has 5 rings (SSSR count). The van der Waals surface area contributed by atoms with Crippen LogP contribution in [0, 0.1) is 11.3 Å². The van der Waals surface area contributed by atoms with Crippen LogP contribution in [0.1, 0.15) is 63.9 Å². The molecule has 1 aliphatic rings. The van der Waals surface area contributed by atoms with Crippen molar-refractivity contribution in [2.24, 2.45) is 11.3 Å². The molecule has 1 aromatic heterocycles. The van der Waals surface area contributed by atoms with Gasteiger partial charge >= 0.3 is 5.97 Å². The van der Waals surface area contributed by atoms with Crippen LogP contribution >= 0.6 is 34.7 Å². The van der Waals surface area contributed by atoms with Crippen LogP contribution < -0.4 is 16.0 Å². The summed E-state index contributed by atoms with van der Waals surface area (Å²) in [5, 5.41) is 9.61. The van der Waals surface area contributed by atoms with E-state index < -0.39 is 17.8 Å². The first kappa shape index (κ1) is 35.9. The van der Waals surface area contributed by atoms with Gasteiger partial charge in [-0.3, -0.25) is 14.4 Å². The molecule has 1 heterocycles. The molecule has 1 unspecified atom stereocenters. The Kier molecular flexibility index (Phi) is 11.6. The summed E-state index contributed by atoms with van der Waals surface area (Å²) in [5.74, 6) is -1.08. The number of hydrogen-bond donors (Lipinski definition) is 3. The van der Waals surface area contributed by atoms with E-state index in [2.05, 4.69) is 36.7 Å². The number of nitrogens with one attached hydrogen (secondary N) is 3. The molecular weight excluding hydrogens is 678 g/mol. The van der Waals surface area contributed by atoms with E-state index in [0.29, 0.717) is 38.3 Å². The number of esters is 1. The third-order valence-electron chi connectivity index (χ3n) is 8.30. The summed E-state index contributed by atoms with van der Waals surface area (Å²) in [6, 6.07) is 22.6. The Morgan fingerprint density at radius 3 is 2.41 bits per heavy atom. The lowest BCUT2D eigenvalue weighted by atomic mass is 9.72. The molecule has 1 atom stereocenters. The zero-order chi connectivity index (χ0) is 35.1. The maximum Gasteiger partial charge on any atom is 0.341 e. The quantitative estimate of drug-likeness (QED) is 0.0863. The number of amides is 3. The summed E-state index contributed by atoms with van der Waals surface area (Å²) in [7, 11) is 1.36. The van der Waals surface area contributed by atoms with Crippen molar-refractivity contribution < 1.29 is 23.9 Å². The van der Waals surface area contributed by atoms with Crippen LogP contribution in [0.15, 0.2) is 89.5 Å². The van der Waals surface area contributed by atoms with E-state index in [0.717, 1.165) is 34.6 Å². The largest absolute Gasteiger partial charge is 0.465 e. The Hall–Kier alpha value is -4.38. The predicted molar refractivity (Wildman–Crippen MR) is 198 cm³/mol. The topological polar surface area (TPSA) is 114 Å². The van der Waals surface area contributed by atoms with Gasteiger partial charge in [-0.25, -0.2) is 4.79 Å². The number of thiophene rings is 1. The maximum atomic E-state index is 13.5. The second kappa shape index (κ2) is 15.9. The number of carbonyl (C=O) groups is 4. The van der Waals surface area contributed by atoms with Gasteiger partial charge in [-0.2, -0.15) is 0 Å². The van der Waals surface area contributed by atoms with Crippen molar-refractivity contribution >= 4 is 75.2 Å².